The molecule has 5 atom stereocenters. The van der Waals surface area contributed by atoms with Crippen molar-refractivity contribution in [2.75, 3.05) is 5.32 Å². The van der Waals surface area contributed by atoms with Crippen LogP contribution in [-0.4, -0.2) is 83.2 Å². The van der Waals surface area contributed by atoms with E-state index in [1.54, 1.807) is 46.1 Å². The second-order valence-corrected chi connectivity index (χ2v) is 13.1. The predicted octanol–water partition coefficient (Wildman–Crippen LogP) is 2.60. The number of hydrogen-bond donors (Lipinski definition) is 5. The number of aliphatic hydroxyl groups excluding tert-OH is 2. The maximum absolute atomic E-state index is 13.0. The lowest BCUT2D eigenvalue weighted by Gasteiger charge is -2.26. The Bertz CT molecular complexity index is 1480. The standard InChI is InChI=1S/C31H43N7O7/c1-30(2,3)44-28(42)19(37-29(43)45-31(4,5)6)12-13-22(39)36-20-14-21(25(41)24(20)40)38-17-35-23-26(33-16-34-27(23)38)32-15-18-10-8-7-9-11-18/h7-11,16-17,19-21,24-25,40-41H,12-15H2,1-6H3,(H,36,39)(H,37,43)(H,32,33,34)/t19-,20+,21-,24+,25-/m0/s1. The summed E-state index contributed by atoms with van der Waals surface area (Å²) in [6, 6.07) is 7.26. The molecule has 14 heteroatoms. The summed E-state index contributed by atoms with van der Waals surface area (Å²) in [5.41, 5.74) is 0.441. The molecule has 4 rings (SSSR count). The Hall–Kier alpha value is -4.30. The van der Waals surface area contributed by atoms with Crippen LogP contribution in [0.3, 0.4) is 0 Å². The number of carbonyl (C=O) groups excluding carboxylic acids is 3. The molecule has 0 bridgehead atoms. The lowest BCUT2D eigenvalue weighted by molar-refractivity contribution is -0.157. The first-order valence-corrected chi connectivity index (χ1v) is 14.9. The van der Waals surface area contributed by atoms with E-state index in [1.165, 1.54) is 12.7 Å². The Morgan fingerprint density at radius 1 is 0.978 bits per heavy atom. The van der Waals surface area contributed by atoms with Gasteiger partial charge in [-0.05, 0) is 59.9 Å². The molecule has 2 heterocycles. The first-order valence-electron chi connectivity index (χ1n) is 14.9. The number of aliphatic hydroxyl groups is 2. The number of rotatable bonds is 10. The number of alkyl carbamates (subject to hydrolysis) is 1. The molecule has 0 saturated heterocycles. The largest absolute Gasteiger partial charge is 0.458 e. The molecule has 1 saturated carbocycles. The molecule has 0 aliphatic heterocycles. The number of aromatic nitrogens is 4. The van der Waals surface area contributed by atoms with E-state index in [0.29, 0.717) is 23.5 Å². The van der Waals surface area contributed by atoms with Gasteiger partial charge in [-0.2, -0.15) is 0 Å². The van der Waals surface area contributed by atoms with Gasteiger partial charge in [0.05, 0.1) is 18.4 Å². The fraction of sp³-hybridized carbons (Fsp3) is 0.548. The van der Waals surface area contributed by atoms with Crippen LogP contribution >= 0.6 is 0 Å². The predicted molar refractivity (Wildman–Crippen MR) is 165 cm³/mol. The number of fused-ring (bicyclic) bond motifs is 1. The van der Waals surface area contributed by atoms with E-state index in [-0.39, 0.29) is 19.3 Å². The average molecular weight is 626 g/mol. The second-order valence-electron chi connectivity index (χ2n) is 13.1. The monoisotopic (exact) mass is 625 g/mol. The molecular weight excluding hydrogens is 582 g/mol. The zero-order chi connectivity index (χ0) is 32.9. The van der Waals surface area contributed by atoms with Gasteiger partial charge in [-0.25, -0.2) is 24.5 Å². The Labute approximate surface area is 261 Å². The average Bonchev–Trinajstić information content (AvgIpc) is 3.49. The summed E-state index contributed by atoms with van der Waals surface area (Å²) in [6.45, 7) is 10.7. The molecule has 1 fully saturated rings. The summed E-state index contributed by atoms with van der Waals surface area (Å²) < 4.78 is 12.4. The van der Waals surface area contributed by atoms with Crippen molar-refractivity contribution in [1.29, 1.82) is 0 Å². The zero-order valence-corrected chi connectivity index (χ0v) is 26.5. The maximum atomic E-state index is 13.0. The molecule has 0 spiro atoms. The number of nitrogens with one attached hydrogen (secondary N) is 3. The Morgan fingerprint density at radius 2 is 1.67 bits per heavy atom. The number of hydrogen-bond acceptors (Lipinski definition) is 11. The van der Waals surface area contributed by atoms with Crippen molar-refractivity contribution in [3.05, 3.63) is 48.5 Å². The third kappa shape index (κ3) is 9.11. The van der Waals surface area contributed by atoms with E-state index in [4.69, 9.17) is 9.47 Å². The molecule has 0 radical (unpaired) electrons. The van der Waals surface area contributed by atoms with Crippen molar-refractivity contribution in [3.63, 3.8) is 0 Å². The molecule has 0 unspecified atom stereocenters. The van der Waals surface area contributed by atoms with Crippen LogP contribution in [0.4, 0.5) is 10.6 Å². The molecule has 244 valence electrons. The molecule has 1 aliphatic rings. The third-order valence-corrected chi connectivity index (χ3v) is 7.06. The number of carbonyl (C=O) groups is 3. The number of benzene rings is 1. The van der Waals surface area contributed by atoms with Crippen LogP contribution in [0.2, 0.25) is 0 Å². The van der Waals surface area contributed by atoms with Gasteiger partial charge in [0.25, 0.3) is 0 Å². The fourth-order valence-electron chi connectivity index (χ4n) is 5.06. The van der Waals surface area contributed by atoms with Gasteiger partial charge >= 0.3 is 12.1 Å². The van der Waals surface area contributed by atoms with Crippen LogP contribution < -0.4 is 16.0 Å². The lowest BCUT2D eigenvalue weighted by Crippen LogP contribution is -2.47. The highest BCUT2D eigenvalue weighted by atomic mass is 16.6. The van der Waals surface area contributed by atoms with E-state index in [2.05, 4.69) is 30.9 Å². The van der Waals surface area contributed by atoms with Crippen molar-refractivity contribution >= 4 is 35.0 Å². The number of ether oxygens (including phenoxy) is 2. The van der Waals surface area contributed by atoms with Crippen LogP contribution in [0.15, 0.2) is 43.0 Å². The highest BCUT2D eigenvalue weighted by Gasteiger charge is 2.44. The molecule has 45 heavy (non-hydrogen) atoms. The van der Waals surface area contributed by atoms with Gasteiger partial charge < -0.3 is 40.2 Å². The molecular formula is C31H43N7O7. The molecule has 14 nitrogen and oxygen atoms in total. The van der Waals surface area contributed by atoms with Gasteiger partial charge in [0, 0.05) is 13.0 Å². The van der Waals surface area contributed by atoms with Crippen LogP contribution in [0.25, 0.3) is 11.2 Å². The quantitative estimate of drug-likeness (QED) is 0.208. The summed E-state index contributed by atoms with van der Waals surface area (Å²) in [5.74, 6) is -0.652. The van der Waals surface area contributed by atoms with E-state index in [0.717, 1.165) is 5.56 Å². The number of imidazole rings is 1. The fourth-order valence-corrected chi connectivity index (χ4v) is 5.06. The second kappa shape index (κ2) is 13.8. The van der Waals surface area contributed by atoms with Gasteiger partial charge in [0.1, 0.15) is 41.3 Å². The van der Waals surface area contributed by atoms with Gasteiger partial charge in [-0.3, -0.25) is 4.79 Å². The Balaban J connectivity index is 1.39. The van der Waals surface area contributed by atoms with E-state index in [1.807, 2.05) is 30.3 Å². The number of esters is 1. The minimum absolute atomic E-state index is 0.0728. The van der Waals surface area contributed by atoms with Crippen LogP contribution in [0, 0.1) is 0 Å². The van der Waals surface area contributed by atoms with Crippen molar-refractivity contribution < 1.29 is 34.1 Å². The summed E-state index contributed by atoms with van der Waals surface area (Å²) in [6.07, 6.45) is -0.407. The molecule has 2 amide bonds. The van der Waals surface area contributed by atoms with Crippen molar-refractivity contribution in [3.8, 4) is 0 Å². The van der Waals surface area contributed by atoms with Crippen LogP contribution in [0.1, 0.15) is 72.4 Å². The SMILES string of the molecule is CC(C)(C)OC(=O)N[C@@H](CCC(=O)N[C@@H]1C[C@H](n2cnc3c(NCc4ccccc4)ncnc32)[C@H](O)[C@@H]1O)C(=O)OC(C)(C)C. The Kier molecular flexibility index (Phi) is 10.3. The summed E-state index contributed by atoms with van der Waals surface area (Å²) >= 11 is 0. The summed E-state index contributed by atoms with van der Waals surface area (Å²) in [5, 5.41) is 30.3. The summed E-state index contributed by atoms with van der Waals surface area (Å²) in [7, 11) is 0. The van der Waals surface area contributed by atoms with E-state index < -0.39 is 59.5 Å². The molecule has 5 N–H and O–H groups in total. The van der Waals surface area contributed by atoms with Gasteiger partial charge in [-0.1, -0.05) is 30.3 Å². The first kappa shape index (κ1) is 33.6. The molecule has 2 aromatic heterocycles. The highest BCUT2D eigenvalue weighted by molar-refractivity contribution is 5.84. The van der Waals surface area contributed by atoms with Crippen molar-refractivity contribution in [2.45, 2.75) is 109 Å². The lowest BCUT2D eigenvalue weighted by atomic mass is 10.1. The molecule has 1 aliphatic carbocycles. The third-order valence-electron chi connectivity index (χ3n) is 7.06. The first-order chi connectivity index (χ1) is 21.1. The normalized spacial score (nSPS) is 20.8. The maximum Gasteiger partial charge on any atom is 0.408 e. The van der Waals surface area contributed by atoms with Crippen molar-refractivity contribution in [2.24, 2.45) is 0 Å². The number of amides is 2. The van der Waals surface area contributed by atoms with Crippen LogP contribution in [0.5, 0.6) is 0 Å². The van der Waals surface area contributed by atoms with Gasteiger partial charge in [0.15, 0.2) is 11.5 Å². The van der Waals surface area contributed by atoms with E-state index >= 15 is 0 Å². The zero-order valence-electron chi connectivity index (χ0n) is 26.5. The molecule has 1 aromatic carbocycles. The number of nitrogens with zero attached hydrogens (tertiary/aromatic N) is 4. The molecule has 3 aromatic rings. The van der Waals surface area contributed by atoms with Crippen molar-refractivity contribution in [1.82, 2.24) is 30.2 Å². The number of anilines is 1. The topological polar surface area (TPSA) is 190 Å². The van der Waals surface area contributed by atoms with Gasteiger partial charge in [0.2, 0.25) is 5.91 Å². The minimum Gasteiger partial charge on any atom is -0.458 e. The van der Waals surface area contributed by atoms with Gasteiger partial charge in [-0.15, -0.1) is 0 Å². The highest BCUT2D eigenvalue weighted by Crippen LogP contribution is 2.34. The smallest absolute Gasteiger partial charge is 0.408 e. The minimum atomic E-state index is -1.27. The summed E-state index contributed by atoms with van der Waals surface area (Å²) in [4.78, 5) is 51.3. The Morgan fingerprint density at radius 3 is 2.33 bits per heavy atom. The van der Waals surface area contributed by atoms with Crippen LogP contribution in [-0.2, 0) is 25.6 Å². The van der Waals surface area contributed by atoms with E-state index in [9.17, 15) is 24.6 Å².